The van der Waals surface area contributed by atoms with Crippen molar-refractivity contribution in [2.24, 2.45) is 5.92 Å². The van der Waals surface area contributed by atoms with Crippen LogP contribution in [0.1, 0.15) is 27.2 Å². The third kappa shape index (κ3) is 1.45. The number of halogens is 2. The summed E-state index contributed by atoms with van der Waals surface area (Å²) in [5, 5.41) is -0.435. The number of hydrogen-bond acceptors (Lipinski definition) is 1. The maximum absolute atomic E-state index is 13.7. The minimum atomic E-state index is -1.22. The molecule has 0 bridgehead atoms. The van der Waals surface area contributed by atoms with Gasteiger partial charge in [0.1, 0.15) is 10.7 Å². The van der Waals surface area contributed by atoms with Crippen LogP contribution in [0.2, 0.25) is 0 Å². The molecular formula is C8H14BrFO. The highest BCUT2D eigenvalue weighted by Crippen LogP contribution is 2.42. The Labute approximate surface area is 75.4 Å². The highest BCUT2D eigenvalue weighted by Gasteiger charge is 2.49. The summed E-state index contributed by atoms with van der Waals surface area (Å²) in [5.41, 5.74) is -1.22. The SMILES string of the molecule is CC[C@H]1O[C@@H](Br)[C@](C)(F)[C@@H]1C. The summed E-state index contributed by atoms with van der Waals surface area (Å²) >= 11 is 3.18. The molecule has 1 aliphatic heterocycles. The lowest BCUT2D eigenvalue weighted by Crippen LogP contribution is -2.31. The van der Waals surface area contributed by atoms with Gasteiger partial charge in [-0.1, -0.05) is 29.8 Å². The fraction of sp³-hybridized carbons (Fsp3) is 1.00. The molecule has 0 saturated carbocycles. The van der Waals surface area contributed by atoms with Crippen molar-refractivity contribution in [1.29, 1.82) is 0 Å². The summed E-state index contributed by atoms with van der Waals surface area (Å²) in [7, 11) is 0. The molecule has 1 nitrogen and oxygen atoms in total. The van der Waals surface area contributed by atoms with Crippen LogP contribution in [0.25, 0.3) is 0 Å². The monoisotopic (exact) mass is 224 g/mol. The zero-order valence-electron chi connectivity index (χ0n) is 7.10. The van der Waals surface area contributed by atoms with Crippen molar-refractivity contribution in [3.63, 3.8) is 0 Å². The van der Waals surface area contributed by atoms with E-state index in [1.54, 1.807) is 6.92 Å². The van der Waals surface area contributed by atoms with Crippen LogP contribution in [0.3, 0.4) is 0 Å². The van der Waals surface area contributed by atoms with Crippen LogP contribution in [0.15, 0.2) is 0 Å². The average Bonchev–Trinajstić information content (AvgIpc) is 2.14. The first-order valence-electron chi connectivity index (χ1n) is 3.98. The smallest absolute Gasteiger partial charge is 0.149 e. The normalized spacial score (nSPS) is 51.5. The molecule has 0 amide bonds. The van der Waals surface area contributed by atoms with Gasteiger partial charge in [0.25, 0.3) is 0 Å². The molecule has 1 rings (SSSR count). The second-order valence-electron chi connectivity index (χ2n) is 3.34. The van der Waals surface area contributed by atoms with Gasteiger partial charge in [-0.25, -0.2) is 4.39 Å². The second-order valence-corrected chi connectivity index (χ2v) is 4.17. The van der Waals surface area contributed by atoms with Crippen LogP contribution in [-0.4, -0.2) is 16.8 Å². The predicted octanol–water partition coefficient (Wildman–Crippen LogP) is 2.88. The molecule has 0 aromatic carbocycles. The fourth-order valence-electron chi connectivity index (χ4n) is 1.42. The van der Waals surface area contributed by atoms with Crippen LogP contribution >= 0.6 is 15.9 Å². The van der Waals surface area contributed by atoms with Crippen molar-refractivity contribution in [3.05, 3.63) is 0 Å². The van der Waals surface area contributed by atoms with Gasteiger partial charge >= 0.3 is 0 Å². The van der Waals surface area contributed by atoms with Gasteiger partial charge in [-0.15, -0.1) is 0 Å². The number of rotatable bonds is 1. The average molecular weight is 225 g/mol. The van der Waals surface area contributed by atoms with Crippen LogP contribution in [0.4, 0.5) is 4.39 Å². The molecule has 3 heteroatoms. The third-order valence-corrected chi connectivity index (χ3v) is 3.70. The van der Waals surface area contributed by atoms with Crippen molar-refractivity contribution < 1.29 is 9.13 Å². The highest BCUT2D eigenvalue weighted by atomic mass is 79.9. The maximum Gasteiger partial charge on any atom is 0.149 e. The van der Waals surface area contributed by atoms with E-state index in [-0.39, 0.29) is 12.0 Å². The molecule has 4 atom stereocenters. The van der Waals surface area contributed by atoms with Crippen molar-refractivity contribution in [2.75, 3.05) is 0 Å². The Hall–Kier alpha value is 0.370. The minimum absolute atomic E-state index is 0.0168. The Morgan fingerprint density at radius 2 is 2.18 bits per heavy atom. The molecule has 1 fully saturated rings. The van der Waals surface area contributed by atoms with E-state index in [1.165, 1.54) is 0 Å². The molecule has 11 heavy (non-hydrogen) atoms. The van der Waals surface area contributed by atoms with Crippen LogP contribution in [0, 0.1) is 5.92 Å². The first-order valence-corrected chi connectivity index (χ1v) is 4.90. The molecule has 0 aromatic heterocycles. The number of alkyl halides is 2. The van der Waals surface area contributed by atoms with Gasteiger partial charge in [-0.05, 0) is 13.3 Å². The lowest BCUT2D eigenvalue weighted by Gasteiger charge is -2.20. The van der Waals surface area contributed by atoms with E-state index in [2.05, 4.69) is 15.9 Å². The second kappa shape index (κ2) is 3.02. The van der Waals surface area contributed by atoms with Gasteiger partial charge in [0.2, 0.25) is 0 Å². The van der Waals surface area contributed by atoms with E-state index in [9.17, 15) is 4.39 Å². The van der Waals surface area contributed by atoms with Gasteiger partial charge < -0.3 is 4.74 Å². The molecule has 1 saturated heterocycles. The van der Waals surface area contributed by atoms with E-state index in [1.807, 2.05) is 13.8 Å². The Morgan fingerprint density at radius 3 is 2.36 bits per heavy atom. The summed E-state index contributed by atoms with van der Waals surface area (Å²) in [6.45, 7) is 5.50. The summed E-state index contributed by atoms with van der Waals surface area (Å²) in [6, 6.07) is 0. The van der Waals surface area contributed by atoms with E-state index in [4.69, 9.17) is 4.74 Å². The van der Waals surface area contributed by atoms with Gasteiger partial charge in [0, 0.05) is 5.92 Å². The largest absolute Gasteiger partial charge is 0.360 e. The number of ether oxygens (including phenoxy) is 1. The maximum atomic E-state index is 13.7. The quantitative estimate of drug-likeness (QED) is 0.623. The zero-order valence-corrected chi connectivity index (χ0v) is 8.69. The van der Waals surface area contributed by atoms with Crippen molar-refractivity contribution in [3.8, 4) is 0 Å². The molecule has 0 N–H and O–H groups in total. The molecule has 1 heterocycles. The lowest BCUT2D eigenvalue weighted by molar-refractivity contribution is 0.0639. The molecule has 1 aliphatic rings. The predicted molar refractivity (Wildman–Crippen MR) is 46.6 cm³/mol. The van der Waals surface area contributed by atoms with E-state index in [0.29, 0.717) is 0 Å². The first-order chi connectivity index (χ1) is 5.00. The van der Waals surface area contributed by atoms with Crippen molar-refractivity contribution in [2.45, 2.75) is 44.0 Å². The Bertz CT molecular complexity index is 149. The third-order valence-electron chi connectivity index (χ3n) is 2.59. The van der Waals surface area contributed by atoms with Crippen molar-refractivity contribution >= 4 is 15.9 Å². The fourth-order valence-corrected chi connectivity index (χ4v) is 2.12. The summed E-state index contributed by atoms with van der Waals surface area (Å²) in [4.78, 5) is 0. The Kier molecular flexibility index (Phi) is 2.59. The van der Waals surface area contributed by atoms with Crippen molar-refractivity contribution in [1.82, 2.24) is 0 Å². The molecule has 0 aliphatic carbocycles. The summed E-state index contributed by atoms with van der Waals surface area (Å²) < 4.78 is 19.0. The minimum Gasteiger partial charge on any atom is -0.360 e. The van der Waals surface area contributed by atoms with Crippen LogP contribution < -0.4 is 0 Å². The molecule has 66 valence electrons. The topological polar surface area (TPSA) is 9.23 Å². The molecular weight excluding hydrogens is 211 g/mol. The van der Waals surface area contributed by atoms with E-state index >= 15 is 0 Å². The molecule has 0 unspecified atom stereocenters. The Morgan fingerprint density at radius 1 is 1.64 bits per heavy atom. The standard InChI is InChI=1S/C8H14BrFO/c1-4-6-5(2)8(3,10)7(9)11-6/h5-7H,4H2,1-3H3/t5-,6-,7-,8-/m1/s1. The van der Waals surface area contributed by atoms with Crippen LogP contribution in [-0.2, 0) is 4.74 Å². The van der Waals surface area contributed by atoms with Crippen LogP contribution in [0.5, 0.6) is 0 Å². The van der Waals surface area contributed by atoms with E-state index in [0.717, 1.165) is 6.42 Å². The van der Waals surface area contributed by atoms with E-state index < -0.39 is 10.7 Å². The zero-order chi connectivity index (χ0) is 8.65. The number of hydrogen-bond donors (Lipinski definition) is 0. The Balaban J connectivity index is 2.71. The van der Waals surface area contributed by atoms with Gasteiger partial charge in [-0.3, -0.25) is 0 Å². The summed E-state index contributed by atoms with van der Waals surface area (Å²) in [5.74, 6) is -0.0168. The molecule has 0 radical (unpaired) electrons. The lowest BCUT2D eigenvalue weighted by atomic mass is 9.90. The van der Waals surface area contributed by atoms with Gasteiger partial charge in [-0.2, -0.15) is 0 Å². The van der Waals surface area contributed by atoms with Gasteiger partial charge in [0.05, 0.1) is 6.10 Å². The molecule has 0 spiro atoms. The van der Waals surface area contributed by atoms with Gasteiger partial charge in [0.15, 0.2) is 0 Å². The first kappa shape index (κ1) is 9.46. The summed E-state index contributed by atoms with van der Waals surface area (Å²) in [6.07, 6.45) is 0.942. The molecule has 0 aromatic rings. The highest BCUT2D eigenvalue weighted by molar-refractivity contribution is 9.09.